The molecule has 0 spiro atoms. The summed E-state index contributed by atoms with van der Waals surface area (Å²) in [5.74, 6) is 0.0480. The first-order valence-electron chi connectivity index (χ1n) is 8.10. The summed E-state index contributed by atoms with van der Waals surface area (Å²) in [6.07, 6.45) is 4.80. The van der Waals surface area contributed by atoms with Crippen molar-refractivity contribution < 1.29 is 9.59 Å². The van der Waals surface area contributed by atoms with Gasteiger partial charge in [0.05, 0.1) is 0 Å². The zero-order valence-electron chi connectivity index (χ0n) is 13.1. The van der Waals surface area contributed by atoms with Gasteiger partial charge in [0.1, 0.15) is 6.04 Å². The molecule has 0 bridgehead atoms. The van der Waals surface area contributed by atoms with Crippen molar-refractivity contribution in [3.63, 3.8) is 0 Å². The molecule has 3 heterocycles. The van der Waals surface area contributed by atoms with Crippen LogP contribution in [-0.4, -0.2) is 29.4 Å². The van der Waals surface area contributed by atoms with Gasteiger partial charge in [-0.1, -0.05) is 0 Å². The summed E-state index contributed by atoms with van der Waals surface area (Å²) in [5, 5.41) is 8.71. The number of hydrogen-bond acceptors (Lipinski definition) is 5. The van der Waals surface area contributed by atoms with Crippen molar-refractivity contribution in [1.29, 1.82) is 0 Å². The van der Waals surface area contributed by atoms with E-state index in [1.165, 1.54) is 0 Å². The van der Waals surface area contributed by atoms with Gasteiger partial charge in [0.25, 0.3) is 0 Å². The van der Waals surface area contributed by atoms with Crippen LogP contribution in [0.5, 0.6) is 0 Å². The number of fused-ring (bicyclic) bond motifs is 1. The number of hydrogen-bond donors (Lipinski definition) is 2. The molecule has 24 heavy (non-hydrogen) atoms. The molecule has 1 aromatic heterocycles. The number of aryl methyl sites for hydroxylation is 1. The number of thiazole rings is 1. The van der Waals surface area contributed by atoms with Crippen LogP contribution < -0.4 is 15.5 Å². The normalized spacial score (nSPS) is 19.8. The number of anilines is 3. The van der Waals surface area contributed by atoms with Gasteiger partial charge in [-0.15, -0.1) is 11.3 Å². The molecule has 2 aromatic rings. The van der Waals surface area contributed by atoms with Gasteiger partial charge in [-0.05, 0) is 43.0 Å². The third-order valence-electron chi connectivity index (χ3n) is 4.49. The van der Waals surface area contributed by atoms with Crippen LogP contribution in [0.25, 0.3) is 0 Å². The smallest absolute Gasteiger partial charge is 0.247 e. The van der Waals surface area contributed by atoms with Crippen LogP contribution >= 0.6 is 11.3 Å². The van der Waals surface area contributed by atoms with E-state index in [1.807, 2.05) is 23.6 Å². The molecule has 2 aliphatic heterocycles. The maximum atomic E-state index is 12.7. The van der Waals surface area contributed by atoms with Crippen molar-refractivity contribution in [3.05, 3.63) is 35.3 Å². The minimum atomic E-state index is -0.174. The summed E-state index contributed by atoms with van der Waals surface area (Å²) >= 11 is 1.56. The predicted molar refractivity (Wildman–Crippen MR) is 94.5 cm³/mol. The predicted octanol–water partition coefficient (Wildman–Crippen LogP) is 2.64. The SMILES string of the molecule is O=C1CCc2cc(NC(=O)[C@H]3CCCN3c3nccs3)ccc2N1. The quantitative estimate of drug-likeness (QED) is 0.899. The Morgan fingerprint density at radius 2 is 2.29 bits per heavy atom. The number of aromatic nitrogens is 1. The van der Waals surface area contributed by atoms with Crippen molar-refractivity contribution in [2.75, 3.05) is 22.1 Å². The van der Waals surface area contributed by atoms with E-state index in [2.05, 4.69) is 20.5 Å². The molecule has 7 heteroatoms. The molecule has 6 nitrogen and oxygen atoms in total. The Morgan fingerprint density at radius 1 is 1.38 bits per heavy atom. The summed E-state index contributed by atoms with van der Waals surface area (Å²) in [4.78, 5) is 30.5. The number of nitrogens with zero attached hydrogens (tertiary/aromatic N) is 2. The van der Waals surface area contributed by atoms with Crippen molar-refractivity contribution in [2.45, 2.75) is 31.7 Å². The van der Waals surface area contributed by atoms with E-state index in [9.17, 15) is 9.59 Å². The van der Waals surface area contributed by atoms with Gasteiger partial charge in [-0.3, -0.25) is 9.59 Å². The van der Waals surface area contributed by atoms with Crippen LogP contribution in [0.1, 0.15) is 24.8 Å². The summed E-state index contributed by atoms with van der Waals surface area (Å²) in [6.45, 7) is 0.863. The Kier molecular flexibility index (Phi) is 3.93. The monoisotopic (exact) mass is 342 g/mol. The van der Waals surface area contributed by atoms with E-state index in [0.29, 0.717) is 12.8 Å². The third kappa shape index (κ3) is 2.87. The maximum absolute atomic E-state index is 12.7. The lowest BCUT2D eigenvalue weighted by atomic mass is 10.0. The number of amides is 2. The van der Waals surface area contributed by atoms with E-state index in [0.717, 1.165) is 41.5 Å². The van der Waals surface area contributed by atoms with Gasteiger partial charge >= 0.3 is 0 Å². The largest absolute Gasteiger partial charge is 0.336 e. The lowest BCUT2D eigenvalue weighted by molar-refractivity contribution is -0.117. The van der Waals surface area contributed by atoms with Crippen LogP contribution in [0.3, 0.4) is 0 Å². The minimum absolute atomic E-state index is 0.00231. The molecule has 0 aliphatic carbocycles. The molecule has 2 aliphatic rings. The Bertz CT molecular complexity index is 775. The highest BCUT2D eigenvalue weighted by molar-refractivity contribution is 7.13. The zero-order chi connectivity index (χ0) is 16.5. The van der Waals surface area contributed by atoms with Crippen molar-refractivity contribution >= 4 is 39.7 Å². The van der Waals surface area contributed by atoms with E-state index >= 15 is 0 Å². The number of carbonyl (C=O) groups excluding carboxylic acids is 2. The molecule has 2 amide bonds. The average Bonchev–Trinajstić information content (AvgIpc) is 3.25. The van der Waals surface area contributed by atoms with Gasteiger partial charge in [-0.2, -0.15) is 0 Å². The van der Waals surface area contributed by atoms with E-state index in [4.69, 9.17) is 0 Å². The Hall–Kier alpha value is -2.41. The second-order valence-corrected chi connectivity index (χ2v) is 6.95. The fraction of sp³-hybridized carbons (Fsp3) is 0.353. The van der Waals surface area contributed by atoms with Crippen LogP contribution in [0.15, 0.2) is 29.8 Å². The minimum Gasteiger partial charge on any atom is -0.336 e. The second-order valence-electron chi connectivity index (χ2n) is 6.08. The molecule has 124 valence electrons. The highest BCUT2D eigenvalue weighted by Crippen LogP contribution is 2.29. The van der Waals surface area contributed by atoms with Crippen LogP contribution in [0.4, 0.5) is 16.5 Å². The summed E-state index contributed by atoms with van der Waals surface area (Å²) in [5.41, 5.74) is 2.69. The van der Waals surface area contributed by atoms with Crippen LogP contribution in [0.2, 0.25) is 0 Å². The Balaban J connectivity index is 1.49. The first-order valence-corrected chi connectivity index (χ1v) is 8.98. The number of nitrogens with one attached hydrogen (secondary N) is 2. The second kappa shape index (κ2) is 6.24. The number of benzene rings is 1. The van der Waals surface area contributed by atoms with Crippen LogP contribution in [0, 0.1) is 0 Å². The lowest BCUT2D eigenvalue weighted by Gasteiger charge is -2.23. The van der Waals surface area contributed by atoms with Crippen molar-refractivity contribution in [2.24, 2.45) is 0 Å². The van der Waals surface area contributed by atoms with E-state index < -0.39 is 0 Å². The van der Waals surface area contributed by atoms with E-state index in [-0.39, 0.29) is 17.9 Å². The molecule has 0 saturated carbocycles. The molecule has 0 unspecified atom stereocenters. The number of rotatable bonds is 3. The molecule has 1 fully saturated rings. The van der Waals surface area contributed by atoms with Crippen molar-refractivity contribution in [3.8, 4) is 0 Å². The number of carbonyl (C=O) groups is 2. The first kappa shape index (κ1) is 15.1. The van der Waals surface area contributed by atoms with E-state index in [1.54, 1.807) is 17.5 Å². The fourth-order valence-electron chi connectivity index (χ4n) is 3.31. The highest BCUT2D eigenvalue weighted by Gasteiger charge is 2.32. The van der Waals surface area contributed by atoms with Gasteiger partial charge in [-0.25, -0.2) is 4.98 Å². The third-order valence-corrected chi connectivity index (χ3v) is 5.30. The summed E-state index contributed by atoms with van der Waals surface area (Å²) < 4.78 is 0. The fourth-order valence-corrected chi connectivity index (χ4v) is 4.03. The molecule has 4 rings (SSSR count). The van der Waals surface area contributed by atoms with Gasteiger partial charge in [0.2, 0.25) is 11.8 Å². The van der Waals surface area contributed by atoms with Gasteiger partial charge in [0, 0.05) is 35.9 Å². The van der Waals surface area contributed by atoms with Crippen molar-refractivity contribution in [1.82, 2.24) is 4.98 Å². The topological polar surface area (TPSA) is 74.3 Å². The molecule has 2 N–H and O–H groups in total. The zero-order valence-corrected chi connectivity index (χ0v) is 13.9. The molecule has 1 aromatic carbocycles. The lowest BCUT2D eigenvalue weighted by Crippen LogP contribution is -2.39. The highest BCUT2D eigenvalue weighted by atomic mass is 32.1. The van der Waals surface area contributed by atoms with Gasteiger partial charge in [0.15, 0.2) is 5.13 Å². The molecule has 1 saturated heterocycles. The summed E-state index contributed by atoms with van der Waals surface area (Å²) in [6, 6.07) is 5.47. The Morgan fingerprint density at radius 3 is 3.12 bits per heavy atom. The molecule has 1 atom stereocenters. The first-order chi connectivity index (χ1) is 11.7. The molecular formula is C17H18N4O2S. The Labute approximate surface area is 143 Å². The molecule has 0 radical (unpaired) electrons. The average molecular weight is 342 g/mol. The molecular weight excluding hydrogens is 324 g/mol. The van der Waals surface area contributed by atoms with Crippen LogP contribution in [-0.2, 0) is 16.0 Å². The maximum Gasteiger partial charge on any atom is 0.247 e. The summed E-state index contributed by atoms with van der Waals surface area (Å²) in [7, 11) is 0. The standard InChI is InChI=1S/C17H18N4O2S/c22-15-6-3-11-10-12(4-5-13(11)20-15)19-16(23)14-2-1-8-21(14)17-18-7-9-24-17/h4-5,7,9-10,14H,1-3,6,8H2,(H,19,23)(H,20,22)/t14-/m1/s1. The van der Waals surface area contributed by atoms with Gasteiger partial charge < -0.3 is 15.5 Å².